The molecule has 22 heavy (non-hydrogen) atoms. The lowest BCUT2D eigenvalue weighted by atomic mass is 10.0. The van der Waals surface area contributed by atoms with E-state index < -0.39 is 12.0 Å². The highest BCUT2D eigenvalue weighted by atomic mass is 35.5. The maximum absolute atomic E-state index is 11.7. The first-order chi connectivity index (χ1) is 10.1. The van der Waals surface area contributed by atoms with Crippen LogP contribution in [0.5, 0.6) is 0 Å². The number of ether oxygens (including phenoxy) is 1. The van der Waals surface area contributed by atoms with Crippen molar-refractivity contribution in [2.24, 2.45) is 5.73 Å². The molecule has 130 valence electrons. The van der Waals surface area contributed by atoms with Gasteiger partial charge in [-0.2, -0.15) is 0 Å². The predicted molar refractivity (Wildman–Crippen MR) is 88.8 cm³/mol. The normalized spacial score (nSPS) is 11.4. The number of rotatable bonds is 14. The van der Waals surface area contributed by atoms with E-state index in [1.807, 2.05) is 0 Å². The fourth-order valence-electron chi connectivity index (χ4n) is 2.18. The molecule has 0 spiro atoms. The number of Topliss-reactive ketones (excluding diaryl/α,β-unsaturated/α-hetero) is 1. The summed E-state index contributed by atoms with van der Waals surface area (Å²) in [5.74, 6) is -0.821. The van der Waals surface area contributed by atoms with Crippen molar-refractivity contribution in [2.75, 3.05) is 0 Å². The molecule has 6 heteroatoms. The minimum absolute atomic E-state index is 0. The lowest BCUT2D eigenvalue weighted by Crippen LogP contribution is -2.30. The third-order valence-electron chi connectivity index (χ3n) is 3.54. The van der Waals surface area contributed by atoms with Crippen molar-refractivity contribution < 1.29 is 19.1 Å². The molecule has 0 aliphatic carbocycles. The zero-order valence-electron chi connectivity index (χ0n) is 13.6. The lowest BCUT2D eigenvalue weighted by Gasteiger charge is -2.09. The third kappa shape index (κ3) is 14.0. The zero-order valence-corrected chi connectivity index (χ0v) is 14.4. The standard InChI is InChI=1S/C16H29NO4.ClH/c1-2-3-4-5-6-7-8-9-10-14(17)15(19)11-12-16(20)21-13-18;/h13-14H,2-12,17H2,1H3;1H. The fourth-order valence-corrected chi connectivity index (χ4v) is 2.18. The molecule has 1 unspecified atom stereocenters. The summed E-state index contributed by atoms with van der Waals surface area (Å²) in [6, 6.07) is -0.505. The van der Waals surface area contributed by atoms with Gasteiger partial charge in [-0.05, 0) is 6.42 Å². The molecule has 0 aromatic heterocycles. The van der Waals surface area contributed by atoms with E-state index in [1.165, 1.54) is 38.5 Å². The second-order valence-electron chi connectivity index (χ2n) is 5.42. The summed E-state index contributed by atoms with van der Waals surface area (Å²) in [6.07, 6.45) is 10.3. The van der Waals surface area contributed by atoms with E-state index in [1.54, 1.807) is 0 Å². The molecule has 0 aromatic carbocycles. The van der Waals surface area contributed by atoms with Crippen LogP contribution in [0.15, 0.2) is 0 Å². The second-order valence-corrected chi connectivity index (χ2v) is 5.42. The quantitative estimate of drug-likeness (QED) is 0.228. The number of unbranched alkanes of at least 4 members (excludes halogenated alkanes) is 7. The van der Waals surface area contributed by atoms with Crippen molar-refractivity contribution in [3.63, 3.8) is 0 Å². The SMILES string of the molecule is CCCCCCCCCCC(N)C(=O)CCC(=O)OC=O.Cl. The average molecular weight is 336 g/mol. The van der Waals surface area contributed by atoms with Crippen molar-refractivity contribution in [3.8, 4) is 0 Å². The van der Waals surface area contributed by atoms with Crippen LogP contribution in [-0.4, -0.2) is 24.3 Å². The Morgan fingerprint density at radius 3 is 2.09 bits per heavy atom. The topological polar surface area (TPSA) is 86.5 Å². The summed E-state index contributed by atoms with van der Waals surface area (Å²) >= 11 is 0. The number of hydrogen-bond acceptors (Lipinski definition) is 5. The number of ketones is 1. The van der Waals surface area contributed by atoms with Crippen LogP contribution in [0, 0.1) is 0 Å². The molecule has 0 radical (unpaired) electrons. The number of carbonyl (C=O) groups is 3. The number of halogens is 1. The first-order valence-corrected chi connectivity index (χ1v) is 8.03. The third-order valence-corrected chi connectivity index (χ3v) is 3.54. The molecule has 0 saturated carbocycles. The Balaban J connectivity index is 0. The van der Waals surface area contributed by atoms with E-state index in [0.29, 0.717) is 6.42 Å². The van der Waals surface area contributed by atoms with Gasteiger partial charge in [-0.25, -0.2) is 0 Å². The van der Waals surface area contributed by atoms with Gasteiger partial charge in [0.25, 0.3) is 0 Å². The smallest absolute Gasteiger partial charge is 0.313 e. The largest absolute Gasteiger partial charge is 0.395 e. The summed E-state index contributed by atoms with van der Waals surface area (Å²) in [5, 5.41) is 0. The predicted octanol–water partition coefficient (Wildman–Crippen LogP) is 3.32. The Hall–Kier alpha value is -0.940. The number of nitrogens with two attached hydrogens (primary N) is 1. The Morgan fingerprint density at radius 2 is 1.55 bits per heavy atom. The second kappa shape index (κ2) is 16.4. The van der Waals surface area contributed by atoms with E-state index in [9.17, 15) is 14.4 Å². The Morgan fingerprint density at radius 1 is 1.00 bits per heavy atom. The number of hydrogen-bond donors (Lipinski definition) is 1. The maximum atomic E-state index is 11.7. The molecule has 5 nitrogen and oxygen atoms in total. The first-order valence-electron chi connectivity index (χ1n) is 8.03. The zero-order chi connectivity index (χ0) is 15.9. The highest BCUT2D eigenvalue weighted by molar-refractivity contribution is 5.87. The van der Waals surface area contributed by atoms with Gasteiger partial charge >= 0.3 is 12.4 Å². The van der Waals surface area contributed by atoms with Crippen molar-refractivity contribution in [1.29, 1.82) is 0 Å². The van der Waals surface area contributed by atoms with Gasteiger partial charge in [-0.3, -0.25) is 14.4 Å². The number of esters is 1. The van der Waals surface area contributed by atoms with Gasteiger partial charge in [0, 0.05) is 6.42 Å². The molecule has 0 heterocycles. The van der Waals surface area contributed by atoms with Crippen LogP contribution in [0.25, 0.3) is 0 Å². The van der Waals surface area contributed by atoms with Crippen LogP contribution in [0.4, 0.5) is 0 Å². The molecule has 0 saturated heterocycles. The molecule has 0 aliphatic rings. The van der Waals surface area contributed by atoms with Crippen LogP contribution >= 0.6 is 12.4 Å². The van der Waals surface area contributed by atoms with Crippen LogP contribution in [-0.2, 0) is 19.1 Å². The van der Waals surface area contributed by atoms with E-state index in [2.05, 4.69) is 11.7 Å². The Bertz CT molecular complexity index is 311. The summed E-state index contributed by atoms with van der Waals surface area (Å²) in [4.78, 5) is 32.5. The minimum Gasteiger partial charge on any atom is -0.395 e. The van der Waals surface area contributed by atoms with Crippen molar-refractivity contribution in [1.82, 2.24) is 0 Å². The molecule has 0 amide bonds. The molecule has 0 aliphatic heterocycles. The fraction of sp³-hybridized carbons (Fsp3) is 0.812. The molecule has 0 fully saturated rings. The van der Waals surface area contributed by atoms with Crippen LogP contribution in [0.3, 0.4) is 0 Å². The van der Waals surface area contributed by atoms with E-state index in [-0.39, 0.29) is 37.5 Å². The van der Waals surface area contributed by atoms with Crippen LogP contribution in [0.1, 0.15) is 77.6 Å². The highest BCUT2D eigenvalue weighted by Crippen LogP contribution is 2.11. The Labute approximate surface area is 139 Å². The molecular weight excluding hydrogens is 306 g/mol. The lowest BCUT2D eigenvalue weighted by molar-refractivity contribution is -0.152. The van der Waals surface area contributed by atoms with Crippen molar-refractivity contribution in [3.05, 3.63) is 0 Å². The van der Waals surface area contributed by atoms with E-state index in [4.69, 9.17) is 5.73 Å². The van der Waals surface area contributed by atoms with Crippen molar-refractivity contribution >= 4 is 30.6 Å². The molecule has 0 aromatic rings. The number of carbonyl (C=O) groups excluding carboxylic acids is 3. The van der Waals surface area contributed by atoms with Gasteiger partial charge in [-0.1, -0.05) is 58.3 Å². The van der Waals surface area contributed by atoms with E-state index in [0.717, 1.165) is 12.8 Å². The van der Waals surface area contributed by atoms with Crippen molar-refractivity contribution in [2.45, 2.75) is 83.6 Å². The van der Waals surface area contributed by atoms with Gasteiger partial charge in [0.05, 0.1) is 12.5 Å². The molecular formula is C16H30ClNO4. The highest BCUT2D eigenvalue weighted by Gasteiger charge is 2.15. The van der Waals surface area contributed by atoms with Gasteiger partial charge in [0.1, 0.15) is 5.78 Å². The molecule has 0 bridgehead atoms. The van der Waals surface area contributed by atoms with Crippen LogP contribution < -0.4 is 5.73 Å². The van der Waals surface area contributed by atoms with Gasteiger partial charge in [-0.15, -0.1) is 12.4 Å². The molecule has 1 atom stereocenters. The molecule has 2 N–H and O–H groups in total. The molecule has 0 rings (SSSR count). The van der Waals surface area contributed by atoms with Crippen LogP contribution in [0.2, 0.25) is 0 Å². The first kappa shape index (κ1) is 23.3. The van der Waals surface area contributed by atoms with Gasteiger partial charge in [0.2, 0.25) is 0 Å². The summed E-state index contributed by atoms with van der Waals surface area (Å²) < 4.78 is 4.11. The average Bonchev–Trinajstić information content (AvgIpc) is 2.47. The summed E-state index contributed by atoms with van der Waals surface area (Å²) in [7, 11) is 0. The summed E-state index contributed by atoms with van der Waals surface area (Å²) in [6.45, 7) is 2.28. The van der Waals surface area contributed by atoms with E-state index >= 15 is 0 Å². The summed E-state index contributed by atoms with van der Waals surface area (Å²) in [5.41, 5.74) is 5.79. The van der Waals surface area contributed by atoms with Gasteiger partial charge in [0.15, 0.2) is 0 Å². The monoisotopic (exact) mass is 335 g/mol. The minimum atomic E-state index is -0.683. The maximum Gasteiger partial charge on any atom is 0.313 e. The van der Waals surface area contributed by atoms with Gasteiger partial charge < -0.3 is 10.5 Å². The Kier molecular flexibility index (Phi) is 17.4.